The van der Waals surface area contributed by atoms with Crippen LogP contribution in [0.4, 0.5) is 19.0 Å². The van der Waals surface area contributed by atoms with Gasteiger partial charge in [-0.3, -0.25) is 4.90 Å². The number of halogens is 3. The molecule has 1 aliphatic heterocycles. The molecule has 0 aliphatic carbocycles. The van der Waals surface area contributed by atoms with Crippen LogP contribution in [0, 0.1) is 11.8 Å². The van der Waals surface area contributed by atoms with E-state index >= 15 is 0 Å². The molecule has 2 rings (SSSR count). The molecule has 0 radical (unpaired) electrons. The Hall–Kier alpha value is -1.78. The molecule has 1 fully saturated rings. The molecule has 1 aromatic rings. The van der Waals surface area contributed by atoms with Crippen molar-refractivity contribution in [1.82, 2.24) is 9.88 Å². The fourth-order valence-corrected chi connectivity index (χ4v) is 2.23. The van der Waals surface area contributed by atoms with E-state index < -0.39 is 11.7 Å². The second-order valence-electron chi connectivity index (χ2n) is 4.69. The summed E-state index contributed by atoms with van der Waals surface area (Å²) in [6, 6.07) is 2.38. The van der Waals surface area contributed by atoms with Crippen LogP contribution in [0.15, 0.2) is 18.3 Å². The third kappa shape index (κ3) is 4.09. The Morgan fingerprint density at radius 3 is 2.52 bits per heavy atom. The molecule has 0 saturated carbocycles. The predicted molar refractivity (Wildman–Crippen MR) is 74.7 cm³/mol. The number of alkyl halides is 3. The molecular weight excluding hydrogens is 281 g/mol. The number of aromatic nitrogens is 1. The van der Waals surface area contributed by atoms with E-state index in [1.54, 1.807) is 4.90 Å². The molecule has 2 heterocycles. The van der Waals surface area contributed by atoms with Gasteiger partial charge in [-0.15, -0.1) is 0 Å². The normalized spacial score (nSPS) is 16.5. The average molecular weight is 298 g/mol. The number of hydrogen-bond donors (Lipinski definition) is 1. The number of piperazine rings is 1. The van der Waals surface area contributed by atoms with Crippen LogP contribution in [0.25, 0.3) is 0 Å². The van der Waals surface area contributed by atoms with Crippen molar-refractivity contribution in [2.75, 3.05) is 44.2 Å². The molecule has 0 bridgehead atoms. The van der Waals surface area contributed by atoms with Crippen molar-refractivity contribution in [3.8, 4) is 11.8 Å². The van der Waals surface area contributed by atoms with Gasteiger partial charge in [-0.2, -0.15) is 13.2 Å². The molecule has 21 heavy (non-hydrogen) atoms. The molecule has 1 aromatic heterocycles. The lowest BCUT2D eigenvalue weighted by Gasteiger charge is -2.35. The van der Waals surface area contributed by atoms with Gasteiger partial charge in [0.25, 0.3) is 0 Å². The number of rotatable bonds is 2. The van der Waals surface area contributed by atoms with E-state index in [2.05, 4.69) is 21.7 Å². The maximum atomic E-state index is 13.0. The van der Waals surface area contributed by atoms with Gasteiger partial charge in [0.2, 0.25) is 0 Å². The van der Waals surface area contributed by atoms with Crippen molar-refractivity contribution in [1.29, 1.82) is 0 Å². The summed E-state index contributed by atoms with van der Waals surface area (Å²) in [6.45, 7) is 3.25. The zero-order chi connectivity index (χ0) is 15.3. The molecule has 114 valence electrons. The van der Waals surface area contributed by atoms with Crippen LogP contribution in [0.3, 0.4) is 0 Å². The summed E-state index contributed by atoms with van der Waals surface area (Å²) >= 11 is 0. The lowest BCUT2D eigenvalue weighted by molar-refractivity contribution is -0.137. The van der Waals surface area contributed by atoms with Crippen LogP contribution >= 0.6 is 0 Å². The van der Waals surface area contributed by atoms with Gasteiger partial charge < -0.3 is 10.6 Å². The lowest BCUT2D eigenvalue weighted by Crippen LogP contribution is -2.47. The Bertz CT molecular complexity index is 525. The van der Waals surface area contributed by atoms with Crippen molar-refractivity contribution in [3.63, 3.8) is 0 Å². The SMILES string of the molecule is NCC#CCN1CCN(c2ncccc2C(F)(F)F)CC1. The van der Waals surface area contributed by atoms with Crippen molar-refractivity contribution < 1.29 is 13.2 Å². The van der Waals surface area contributed by atoms with E-state index in [-0.39, 0.29) is 5.82 Å². The minimum Gasteiger partial charge on any atom is -0.354 e. The zero-order valence-corrected chi connectivity index (χ0v) is 11.5. The van der Waals surface area contributed by atoms with Crippen molar-refractivity contribution >= 4 is 5.82 Å². The maximum Gasteiger partial charge on any atom is 0.419 e. The number of hydrogen-bond acceptors (Lipinski definition) is 4. The number of nitrogens with zero attached hydrogens (tertiary/aromatic N) is 3. The first-order chi connectivity index (χ1) is 10.0. The van der Waals surface area contributed by atoms with Crippen molar-refractivity contribution in [3.05, 3.63) is 23.9 Å². The van der Waals surface area contributed by atoms with Crippen molar-refractivity contribution in [2.45, 2.75) is 6.18 Å². The van der Waals surface area contributed by atoms with Gasteiger partial charge in [0.15, 0.2) is 0 Å². The maximum absolute atomic E-state index is 13.0. The Morgan fingerprint density at radius 2 is 1.90 bits per heavy atom. The second kappa shape index (κ2) is 6.78. The van der Waals surface area contributed by atoms with Gasteiger partial charge in [-0.25, -0.2) is 4.98 Å². The van der Waals surface area contributed by atoms with E-state index in [4.69, 9.17) is 5.73 Å². The first-order valence-electron chi connectivity index (χ1n) is 6.67. The highest BCUT2D eigenvalue weighted by Crippen LogP contribution is 2.35. The van der Waals surface area contributed by atoms with E-state index in [9.17, 15) is 13.2 Å². The number of pyridine rings is 1. The number of nitrogens with two attached hydrogens (primary N) is 1. The minimum atomic E-state index is -4.38. The topological polar surface area (TPSA) is 45.4 Å². The van der Waals surface area contributed by atoms with Gasteiger partial charge >= 0.3 is 6.18 Å². The largest absolute Gasteiger partial charge is 0.419 e. The third-order valence-electron chi connectivity index (χ3n) is 3.29. The molecule has 0 unspecified atom stereocenters. The van der Waals surface area contributed by atoms with Gasteiger partial charge in [-0.05, 0) is 12.1 Å². The molecule has 2 N–H and O–H groups in total. The second-order valence-corrected chi connectivity index (χ2v) is 4.69. The monoisotopic (exact) mass is 298 g/mol. The molecular formula is C14H17F3N4. The van der Waals surface area contributed by atoms with Crippen LogP contribution < -0.4 is 10.6 Å². The highest BCUT2D eigenvalue weighted by atomic mass is 19.4. The van der Waals surface area contributed by atoms with E-state index in [0.717, 1.165) is 6.07 Å². The van der Waals surface area contributed by atoms with Gasteiger partial charge in [0.1, 0.15) is 5.82 Å². The summed E-state index contributed by atoms with van der Waals surface area (Å²) in [6.07, 6.45) is -2.99. The highest BCUT2D eigenvalue weighted by Gasteiger charge is 2.36. The Labute approximate surface area is 121 Å². The summed E-state index contributed by atoms with van der Waals surface area (Å²) < 4.78 is 38.9. The number of anilines is 1. The molecule has 0 atom stereocenters. The lowest BCUT2D eigenvalue weighted by atomic mass is 10.2. The predicted octanol–water partition coefficient (Wildman–Crippen LogP) is 1.18. The van der Waals surface area contributed by atoms with Gasteiger partial charge in [-0.1, -0.05) is 11.8 Å². The quantitative estimate of drug-likeness (QED) is 0.833. The third-order valence-corrected chi connectivity index (χ3v) is 3.29. The van der Waals surface area contributed by atoms with Crippen LogP contribution in [-0.4, -0.2) is 49.2 Å². The summed E-state index contributed by atoms with van der Waals surface area (Å²) in [4.78, 5) is 7.68. The van der Waals surface area contributed by atoms with Gasteiger partial charge in [0, 0.05) is 32.4 Å². The Kier molecular flexibility index (Phi) is 5.04. The highest BCUT2D eigenvalue weighted by molar-refractivity contribution is 5.48. The van der Waals surface area contributed by atoms with Crippen LogP contribution in [-0.2, 0) is 6.18 Å². The minimum absolute atomic E-state index is 0.0118. The van der Waals surface area contributed by atoms with E-state index in [1.165, 1.54) is 12.3 Å². The first-order valence-corrected chi connectivity index (χ1v) is 6.67. The van der Waals surface area contributed by atoms with Crippen LogP contribution in [0.1, 0.15) is 5.56 Å². The molecule has 7 heteroatoms. The first kappa shape index (κ1) is 15.6. The molecule has 0 amide bonds. The smallest absolute Gasteiger partial charge is 0.354 e. The fourth-order valence-electron chi connectivity index (χ4n) is 2.23. The van der Waals surface area contributed by atoms with Gasteiger partial charge in [0.05, 0.1) is 18.7 Å². The Morgan fingerprint density at radius 1 is 1.19 bits per heavy atom. The van der Waals surface area contributed by atoms with E-state index in [1.807, 2.05) is 0 Å². The molecule has 0 aromatic carbocycles. The van der Waals surface area contributed by atoms with Crippen LogP contribution in [0.2, 0.25) is 0 Å². The van der Waals surface area contributed by atoms with Crippen molar-refractivity contribution in [2.24, 2.45) is 5.73 Å². The average Bonchev–Trinajstić information content (AvgIpc) is 2.47. The summed E-state index contributed by atoms with van der Waals surface area (Å²) in [7, 11) is 0. The Balaban J connectivity index is 2.03. The standard InChI is InChI=1S/C14H17F3N4/c15-14(16,17)12-4-3-6-19-13(12)21-10-8-20(9-11-21)7-2-1-5-18/h3-4,6H,5,7-11,18H2. The summed E-state index contributed by atoms with van der Waals surface area (Å²) in [5, 5.41) is 0. The molecule has 1 aliphatic rings. The van der Waals surface area contributed by atoms with Crippen LogP contribution in [0.5, 0.6) is 0 Å². The molecule has 1 saturated heterocycles. The zero-order valence-electron chi connectivity index (χ0n) is 11.5. The molecule has 0 spiro atoms. The fraction of sp³-hybridized carbons (Fsp3) is 0.500. The molecule has 4 nitrogen and oxygen atoms in total. The van der Waals surface area contributed by atoms with E-state index in [0.29, 0.717) is 39.3 Å². The summed E-state index contributed by atoms with van der Waals surface area (Å²) in [5.41, 5.74) is 4.61. The summed E-state index contributed by atoms with van der Waals surface area (Å²) in [5.74, 6) is 5.72.